The Balaban J connectivity index is 1.33. The van der Waals surface area contributed by atoms with E-state index in [-0.39, 0.29) is 5.57 Å². The number of anilines is 3. The number of nitrogens with zero attached hydrogens (tertiary/aromatic N) is 4. The van der Waals surface area contributed by atoms with E-state index in [4.69, 9.17) is 0 Å². The topological polar surface area (TPSA) is 74.2 Å². The molecule has 0 saturated heterocycles. The molecule has 0 aliphatic rings. The maximum Gasteiger partial charge on any atom is 0.346 e. The molecular weight excluding hydrogens is 637 g/mol. The fourth-order valence-electron chi connectivity index (χ4n) is 6.83. The van der Waals surface area contributed by atoms with Crippen LogP contribution in [0.15, 0.2) is 127 Å². The summed E-state index contributed by atoms with van der Waals surface area (Å²) in [6, 6.07) is 44.6. The third-order valence-corrected chi connectivity index (χ3v) is 10.4. The number of benzene rings is 4. The highest BCUT2D eigenvalue weighted by Crippen LogP contribution is 2.40. The van der Waals surface area contributed by atoms with E-state index >= 15 is 0 Å². The Labute approximate surface area is 296 Å². The van der Waals surface area contributed by atoms with Gasteiger partial charge in [0.15, 0.2) is 0 Å². The molecule has 0 amide bonds. The molecule has 4 aromatic carbocycles. The molecule has 0 unspecified atom stereocenters. The highest BCUT2D eigenvalue weighted by molar-refractivity contribution is 7.16. The molecule has 1 N–H and O–H groups in total. The minimum Gasteiger partial charge on any atom is -0.477 e. The van der Waals surface area contributed by atoms with Crippen LogP contribution in [0.3, 0.4) is 0 Å². The molecule has 3 aromatic heterocycles. The molecule has 0 fully saturated rings. The van der Waals surface area contributed by atoms with Gasteiger partial charge in [-0.05, 0) is 96.9 Å². The number of hydrogen-bond donors (Lipinski definition) is 1. The minimum atomic E-state index is -1.22. The van der Waals surface area contributed by atoms with Gasteiger partial charge in [0.25, 0.3) is 0 Å². The average Bonchev–Trinajstić information content (AvgIpc) is 3.85. The van der Waals surface area contributed by atoms with Crippen molar-refractivity contribution in [3.8, 4) is 27.9 Å². The largest absolute Gasteiger partial charge is 0.477 e. The van der Waals surface area contributed by atoms with Gasteiger partial charge in [-0.15, -0.1) is 11.3 Å². The third-order valence-electron chi connectivity index (χ3n) is 9.30. The van der Waals surface area contributed by atoms with Crippen molar-refractivity contribution in [3.05, 3.63) is 132 Å². The van der Waals surface area contributed by atoms with Crippen LogP contribution in [0.2, 0.25) is 0 Å². The lowest BCUT2D eigenvalue weighted by molar-refractivity contribution is -0.132. The number of thiophene rings is 1. The van der Waals surface area contributed by atoms with Crippen LogP contribution in [0, 0.1) is 11.3 Å². The normalized spacial score (nSPS) is 11.7. The van der Waals surface area contributed by atoms with Gasteiger partial charge in [0.05, 0.1) is 10.6 Å². The number of aromatic nitrogens is 2. The molecule has 3 heterocycles. The van der Waals surface area contributed by atoms with Gasteiger partial charge in [0, 0.05) is 63.0 Å². The van der Waals surface area contributed by atoms with Crippen LogP contribution < -0.4 is 4.90 Å². The lowest BCUT2D eigenvalue weighted by Crippen LogP contribution is -2.09. The quantitative estimate of drug-likeness (QED) is 0.0795. The van der Waals surface area contributed by atoms with Gasteiger partial charge in [-0.25, -0.2) is 4.79 Å². The summed E-state index contributed by atoms with van der Waals surface area (Å²) in [6.45, 7) is 3.22. The fraction of sp³-hybridized carbons (Fsp3) is 0.163. The van der Waals surface area contributed by atoms with Gasteiger partial charge in [-0.2, -0.15) is 5.26 Å². The van der Waals surface area contributed by atoms with Gasteiger partial charge in [-0.1, -0.05) is 68.7 Å². The van der Waals surface area contributed by atoms with Gasteiger partial charge in [0.1, 0.15) is 11.6 Å². The zero-order chi connectivity index (χ0) is 34.6. The first-order valence-electron chi connectivity index (χ1n) is 17.0. The number of nitriles is 1. The van der Waals surface area contributed by atoms with Crippen molar-refractivity contribution in [1.29, 1.82) is 5.26 Å². The number of hydrogen-bond acceptors (Lipinski definition) is 4. The molecular formula is C43H38N4O2S. The maximum atomic E-state index is 11.4. The summed E-state index contributed by atoms with van der Waals surface area (Å²) < 4.78 is 4.68. The van der Waals surface area contributed by atoms with Crippen LogP contribution in [-0.2, 0) is 18.4 Å². The summed E-state index contributed by atoms with van der Waals surface area (Å²) in [5.41, 5.74) is 8.77. The van der Waals surface area contributed by atoms with Crippen LogP contribution >= 0.6 is 11.3 Å². The summed E-state index contributed by atoms with van der Waals surface area (Å²) in [5.74, 6) is -1.22. The summed E-state index contributed by atoms with van der Waals surface area (Å²) in [7, 11) is 2.06. The van der Waals surface area contributed by atoms with Crippen LogP contribution in [-0.4, -0.2) is 20.2 Å². The number of aliphatic carboxylic acids is 1. The second-order valence-corrected chi connectivity index (χ2v) is 13.6. The van der Waals surface area contributed by atoms with E-state index in [2.05, 4.69) is 137 Å². The second kappa shape index (κ2) is 14.3. The Bertz CT molecular complexity index is 2340. The number of fused-ring (bicyclic) bond motifs is 3. The average molecular weight is 675 g/mol. The highest BCUT2D eigenvalue weighted by atomic mass is 32.1. The van der Waals surface area contributed by atoms with Gasteiger partial charge < -0.3 is 19.1 Å². The summed E-state index contributed by atoms with van der Waals surface area (Å²) >= 11 is 1.47. The Hall–Kier alpha value is -5.84. The summed E-state index contributed by atoms with van der Waals surface area (Å²) in [4.78, 5) is 15.4. The number of para-hydroxylation sites is 2. The zero-order valence-corrected chi connectivity index (χ0v) is 29.0. The summed E-state index contributed by atoms with van der Waals surface area (Å²) in [5, 5.41) is 20.9. The van der Waals surface area contributed by atoms with E-state index < -0.39 is 5.97 Å². The number of carboxylic acids is 1. The van der Waals surface area contributed by atoms with Crippen LogP contribution in [0.5, 0.6) is 0 Å². The van der Waals surface area contributed by atoms with E-state index in [0.29, 0.717) is 0 Å². The SMILES string of the molecule is CCCCCCn1c2ccc(-c3ccc(-c4ccc(/C=C(\C#N)C(=O)O)s4)n3C)cc2c2cc(N(c3ccccc3)c3ccccc3)ccc21. The van der Waals surface area contributed by atoms with E-state index in [1.807, 2.05) is 12.1 Å². The Kier molecular flexibility index (Phi) is 9.37. The standard InChI is InChI=1S/C43H38N4O2S/c1-3-4-5-12-25-46-39-20-17-30(38-22-23-41(45(38)2)42-24-19-35(50-42)26-31(29-44)43(48)49)27-36(39)37-28-34(18-21-40(37)46)47(32-13-8-6-9-14-32)33-15-10-7-11-16-33/h6-11,13-24,26-28H,3-5,12,25H2,1-2H3,(H,48,49)/b31-26+. The van der Waals surface area contributed by atoms with Crippen molar-refractivity contribution in [3.63, 3.8) is 0 Å². The Morgan fingerprint density at radius 3 is 2.10 bits per heavy atom. The fourth-order valence-corrected chi connectivity index (χ4v) is 7.84. The number of carboxylic acid groups (broad SMARTS) is 1. The molecule has 0 aliphatic carbocycles. The summed E-state index contributed by atoms with van der Waals surface area (Å²) in [6.07, 6.45) is 6.23. The molecule has 7 heteroatoms. The molecule has 0 aliphatic heterocycles. The predicted octanol–water partition coefficient (Wildman–Crippen LogP) is 11.6. The van der Waals surface area contributed by atoms with Crippen molar-refractivity contribution in [1.82, 2.24) is 9.13 Å². The van der Waals surface area contributed by atoms with Crippen LogP contribution in [0.1, 0.15) is 37.5 Å². The molecule has 7 aromatic rings. The van der Waals surface area contributed by atoms with Gasteiger partial charge in [0.2, 0.25) is 0 Å². The third kappa shape index (κ3) is 6.34. The Morgan fingerprint density at radius 2 is 1.44 bits per heavy atom. The molecule has 248 valence electrons. The number of aryl methyl sites for hydroxylation is 1. The number of carbonyl (C=O) groups is 1. The zero-order valence-electron chi connectivity index (χ0n) is 28.2. The molecule has 0 atom stereocenters. The first-order chi connectivity index (χ1) is 24.5. The molecule has 6 nitrogen and oxygen atoms in total. The first-order valence-corrected chi connectivity index (χ1v) is 17.9. The van der Waals surface area contributed by atoms with E-state index in [1.54, 1.807) is 6.07 Å². The van der Waals surface area contributed by atoms with Crippen LogP contribution in [0.25, 0.3) is 49.7 Å². The smallest absolute Gasteiger partial charge is 0.346 e. The van der Waals surface area contributed by atoms with Crippen molar-refractivity contribution in [2.24, 2.45) is 7.05 Å². The van der Waals surface area contributed by atoms with E-state index in [1.165, 1.54) is 58.5 Å². The molecule has 50 heavy (non-hydrogen) atoms. The Morgan fingerprint density at radius 1 is 0.780 bits per heavy atom. The number of rotatable bonds is 12. The van der Waals surface area contributed by atoms with Crippen molar-refractivity contribution < 1.29 is 9.90 Å². The van der Waals surface area contributed by atoms with Crippen molar-refractivity contribution >= 4 is 62.3 Å². The lowest BCUT2D eigenvalue weighted by Gasteiger charge is -2.25. The monoisotopic (exact) mass is 674 g/mol. The molecule has 0 radical (unpaired) electrons. The van der Waals surface area contributed by atoms with Crippen molar-refractivity contribution in [2.75, 3.05) is 4.90 Å². The lowest BCUT2D eigenvalue weighted by atomic mass is 10.1. The minimum absolute atomic E-state index is 0.275. The van der Waals surface area contributed by atoms with E-state index in [9.17, 15) is 15.2 Å². The molecule has 0 bridgehead atoms. The van der Waals surface area contributed by atoms with Gasteiger partial charge in [-0.3, -0.25) is 0 Å². The first kappa shape index (κ1) is 32.7. The molecule has 0 saturated carbocycles. The second-order valence-electron chi connectivity index (χ2n) is 12.5. The molecule has 0 spiro atoms. The maximum absolute atomic E-state index is 11.4. The van der Waals surface area contributed by atoms with Crippen molar-refractivity contribution in [2.45, 2.75) is 39.2 Å². The highest BCUT2D eigenvalue weighted by Gasteiger charge is 2.18. The predicted molar refractivity (Wildman–Crippen MR) is 207 cm³/mol. The molecule has 7 rings (SSSR count). The van der Waals surface area contributed by atoms with E-state index in [0.717, 1.165) is 56.7 Å². The number of unbranched alkanes of at least 4 members (excludes halogenated alkanes) is 3. The van der Waals surface area contributed by atoms with Gasteiger partial charge >= 0.3 is 5.97 Å². The van der Waals surface area contributed by atoms with Crippen LogP contribution in [0.4, 0.5) is 17.1 Å².